The molecule has 0 fully saturated rings. The van der Waals surface area contributed by atoms with Gasteiger partial charge in [-0.2, -0.15) is 5.10 Å². The van der Waals surface area contributed by atoms with E-state index >= 15 is 0 Å². The third-order valence-corrected chi connectivity index (χ3v) is 4.50. The van der Waals surface area contributed by atoms with E-state index in [4.69, 9.17) is 4.74 Å². The molecule has 0 bridgehead atoms. The zero-order valence-electron chi connectivity index (χ0n) is 16.3. The smallest absolute Gasteiger partial charge is 0.339 e. The zero-order chi connectivity index (χ0) is 19.6. The number of methoxy groups -OCH3 is 1. The van der Waals surface area contributed by atoms with E-state index in [0.29, 0.717) is 11.3 Å². The van der Waals surface area contributed by atoms with Gasteiger partial charge in [0.1, 0.15) is 5.82 Å². The molecule has 1 unspecified atom stereocenters. The second-order valence-electron chi connectivity index (χ2n) is 6.62. The van der Waals surface area contributed by atoms with Crippen molar-refractivity contribution in [3.63, 3.8) is 0 Å². The molecular formula is C21H24N4O2. The fourth-order valence-electron chi connectivity index (χ4n) is 3.07. The molecule has 1 atom stereocenters. The molecule has 0 saturated carbocycles. The number of aromatic nitrogens is 3. The highest BCUT2D eigenvalue weighted by Gasteiger charge is 2.12. The highest BCUT2D eigenvalue weighted by molar-refractivity contribution is 5.90. The Morgan fingerprint density at radius 2 is 1.81 bits per heavy atom. The minimum atomic E-state index is -0.376. The summed E-state index contributed by atoms with van der Waals surface area (Å²) in [6.45, 7) is 7.91. The number of nitrogens with zero attached hydrogens (tertiary/aromatic N) is 3. The fourth-order valence-corrected chi connectivity index (χ4v) is 3.07. The van der Waals surface area contributed by atoms with E-state index in [2.05, 4.69) is 52.7 Å². The van der Waals surface area contributed by atoms with Gasteiger partial charge in [-0.1, -0.05) is 12.1 Å². The first-order valence-corrected chi connectivity index (χ1v) is 8.85. The maximum absolute atomic E-state index is 11.7. The number of rotatable bonds is 5. The Morgan fingerprint density at radius 3 is 2.37 bits per heavy atom. The van der Waals surface area contributed by atoms with Crippen LogP contribution in [0.2, 0.25) is 0 Å². The summed E-state index contributed by atoms with van der Waals surface area (Å²) in [5, 5.41) is 7.89. The molecule has 0 saturated heterocycles. The van der Waals surface area contributed by atoms with Crippen molar-refractivity contribution in [2.24, 2.45) is 0 Å². The van der Waals surface area contributed by atoms with Crippen molar-refractivity contribution < 1.29 is 9.53 Å². The molecule has 0 aliphatic heterocycles. The van der Waals surface area contributed by atoms with Crippen LogP contribution >= 0.6 is 0 Å². The van der Waals surface area contributed by atoms with Crippen molar-refractivity contribution in [2.45, 2.75) is 33.7 Å². The molecule has 3 rings (SSSR count). The number of carbonyl (C=O) groups excluding carboxylic acids is 1. The molecule has 6 nitrogen and oxygen atoms in total. The molecule has 0 amide bonds. The minimum absolute atomic E-state index is 0.0652. The Bertz CT molecular complexity index is 961. The Labute approximate surface area is 159 Å². The molecule has 0 aliphatic carbocycles. The highest BCUT2D eigenvalue weighted by Crippen LogP contribution is 2.21. The summed E-state index contributed by atoms with van der Waals surface area (Å²) in [4.78, 5) is 16.1. The third-order valence-electron chi connectivity index (χ3n) is 4.50. The van der Waals surface area contributed by atoms with Crippen LogP contribution in [0, 0.1) is 20.8 Å². The van der Waals surface area contributed by atoms with Crippen molar-refractivity contribution in [1.29, 1.82) is 0 Å². The van der Waals surface area contributed by atoms with Crippen LogP contribution in [0.3, 0.4) is 0 Å². The van der Waals surface area contributed by atoms with E-state index < -0.39 is 0 Å². The lowest BCUT2D eigenvalue weighted by molar-refractivity contribution is 0.0599. The van der Waals surface area contributed by atoms with Crippen molar-refractivity contribution >= 4 is 11.8 Å². The first-order valence-electron chi connectivity index (χ1n) is 8.85. The molecule has 1 aromatic carbocycles. The third kappa shape index (κ3) is 4.00. The monoisotopic (exact) mass is 364 g/mol. The topological polar surface area (TPSA) is 69.0 Å². The summed E-state index contributed by atoms with van der Waals surface area (Å²) in [6.07, 6.45) is 0. The van der Waals surface area contributed by atoms with Gasteiger partial charge in [0.05, 0.1) is 29.7 Å². The molecule has 0 radical (unpaired) electrons. The average Bonchev–Trinajstić information content (AvgIpc) is 2.99. The van der Waals surface area contributed by atoms with Gasteiger partial charge in [0.2, 0.25) is 0 Å². The van der Waals surface area contributed by atoms with Crippen molar-refractivity contribution in [2.75, 3.05) is 12.4 Å². The van der Waals surface area contributed by atoms with Gasteiger partial charge in [-0.3, -0.25) is 0 Å². The maximum atomic E-state index is 11.7. The normalized spacial score (nSPS) is 11.9. The van der Waals surface area contributed by atoms with Crippen LogP contribution < -0.4 is 5.32 Å². The quantitative estimate of drug-likeness (QED) is 0.689. The Hall–Kier alpha value is -3.15. The lowest BCUT2D eigenvalue weighted by atomic mass is 10.1. The van der Waals surface area contributed by atoms with E-state index in [1.807, 2.05) is 18.5 Å². The van der Waals surface area contributed by atoms with Gasteiger partial charge in [-0.25, -0.2) is 14.5 Å². The summed E-state index contributed by atoms with van der Waals surface area (Å²) in [6, 6.07) is 13.9. The first kappa shape index (κ1) is 18.6. The van der Waals surface area contributed by atoms with E-state index in [9.17, 15) is 4.79 Å². The summed E-state index contributed by atoms with van der Waals surface area (Å²) in [5.41, 5.74) is 5.40. The van der Waals surface area contributed by atoms with Crippen LogP contribution in [0.5, 0.6) is 0 Å². The van der Waals surface area contributed by atoms with E-state index in [-0.39, 0.29) is 12.0 Å². The molecule has 0 aliphatic rings. The van der Waals surface area contributed by atoms with E-state index in [1.165, 1.54) is 7.11 Å². The van der Waals surface area contributed by atoms with Crippen LogP contribution in [0.15, 0.2) is 42.5 Å². The van der Waals surface area contributed by atoms with Gasteiger partial charge in [-0.15, -0.1) is 0 Å². The standard InChI is InChI=1S/C21H24N4O2/c1-13-12-14(2)25(24-13)18-8-6-17(7-9-18)15(3)22-20-11-10-19(16(4)23-20)21(26)27-5/h6-12,15H,1-5H3,(H,22,23). The molecule has 1 N–H and O–H groups in total. The minimum Gasteiger partial charge on any atom is -0.465 e. The van der Waals surface area contributed by atoms with E-state index in [0.717, 1.165) is 28.5 Å². The predicted molar refractivity (Wildman–Crippen MR) is 105 cm³/mol. The number of anilines is 1. The van der Waals surface area contributed by atoms with E-state index in [1.54, 1.807) is 19.1 Å². The number of pyridine rings is 1. The predicted octanol–water partition coefficient (Wildman–Crippen LogP) is 4.15. The molecule has 3 aromatic rings. The first-order chi connectivity index (χ1) is 12.9. The van der Waals surface area contributed by atoms with Gasteiger partial charge in [0.15, 0.2) is 0 Å². The van der Waals surface area contributed by atoms with Gasteiger partial charge >= 0.3 is 5.97 Å². The van der Waals surface area contributed by atoms with Crippen molar-refractivity contribution in [3.05, 3.63) is 70.7 Å². The van der Waals surface area contributed by atoms with Crippen molar-refractivity contribution in [3.8, 4) is 5.69 Å². The fraction of sp³-hybridized carbons (Fsp3) is 0.286. The number of carbonyl (C=O) groups is 1. The Morgan fingerprint density at radius 1 is 1.11 bits per heavy atom. The lowest BCUT2D eigenvalue weighted by Gasteiger charge is -2.16. The molecular weight excluding hydrogens is 340 g/mol. The van der Waals surface area contributed by atoms with Crippen LogP contribution in [0.4, 0.5) is 5.82 Å². The number of hydrogen-bond donors (Lipinski definition) is 1. The Balaban J connectivity index is 1.75. The number of aryl methyl sites for hydroxylation is 3. The number of ether oxygens (including phenoxy) is 1. The maximum Gasteiger partial charge on any atom is 0.339 e. The lowest BCUT2D eigenvalue weighted by Crippen LogP contribution is -2.11. The molecule has 140 valence electrons. The molecule has 0 spiro atoms. The number of esters is 1. The summed E-state index contributed by atoms with van der Waals surface area (Å²) in [7, 11) is 1.37. The van der Waals surface area contributed by atoms with Gasteiger partial charge in [-0.05, 0) is 63.6 Å². The van der Waals surface area contributed by atoms with Crippen LogP contribution in [0.25, 0.3) is 5.69 Å². The second kappa shape index (κ2) is 7.61. The summed E-state index contributed by atoms with van der Waals surface area (Å²) in [5.74, 6) is 0.342. The van der Waals surface area contributed by atoms with Crippen molar-refractivity contribution in [1.82, 2.24) is 14.8 Å². The number of nitrogens with one attached hydrogen (secondary N) is 1. The molecule has 27 heavy (non-hydrogen) atoms. The summed E-state index contributed by atoms with van der Waals surface area (Å²) >= 11 is 0. The average molecular weight is 364 g/mol. The molecule has 2 aromatic heterocycles. The second-order valence-corrected chi connectivity index (χ2v) is 6.62. The van der Waals surface area contributed by atoms with Gasteiger partial charge in [0.25, 0.3) is 0 Å². The number of benzene rings is 1. The van der Waals surface area contributed by atoms with Crippen LogP contribution in [0.1, 0.15) is 46.0 Å². The highest BCUT2D eigenvalue weighted by atomic mass is 16.5. The Kier molecular flexibility index (Phi) is 5.26. The zero-order valence-corrected chi connectivity index (χ0v) is 16.3. The summed E-state index contributed by atoms with van der Waals surface area (Å²) < 4.78 is 6.70. The molecule has 2 heterocycles. The van der Waals surface area contributed by atoms with Gasteiger partial charge < -0.3 is 10.1 Å². The number of hydrogen-bond acceptors (Lipinski definition) is 5. The van der Waals surface area contributed by atoms with Crippen LogP contribution in [-0.2, 0) is 4.74 Å². The SMILES string of the molecule is COC(=O)c1ccc(NC(C)c2ccc(-n3nc(C)cc3C)cc2)nc1C. The van der Waals surface area contributed by atoms with Crippen LogP contribution in [-0.4, -0.2) is 27.8 Å². The van der Waals surface area contributed by atoms with Gasteiger partial charge in [0, 0.05) is 11.7 Å². The largest absolute Gasteiger partial charge is 0.465 e. The molecule has 6 heteroatoms.